The van der Waals surface area contributed by atoms with Crippen molar-refractivity contribution in [2.75, 3.05) is 39.5 Å². The van der Waals surface area contributed by atoms with Gasteiger partial charge in [0, 0.05) is 31.7 Å². The molecule has 490 valence electrons. The molecule has 11 rings (SSSR count). The van der Waals surface area contributed by atoms with Gasteiger partial charge in [-0.25, -0.2) is 0 Å². The number of para-hydroxylation sites is 4. The fraction of sp³-hybridized carbons (Fsp3) is 0.295. The molecule has 4 atom stereocenters. The number of phenolic OH excluding ortho intramolecular Hbond substituents is 1. The van der Waals surface area contributed by atoms with Crippen LogP contribution in [0.25, 0.3) is 0 Å². The van der Waals surface area contributed by atoms with Crippen molar-refractivity contribution < 1.29 is 161 Å². The molecule has 2 N–H and O–H groups in total. The van der Waals surface area contributed by atoms with E-state index in [1.54, 1.807) is 44.2 Å². The van der Waals surface area contributed by atoms with E-state index in [4.69, 9.17) is 33.2 Å². The molecule has 2 aliphatic heterocycles. The van der Waals surface area contributed by atoms with Gasteiger partial charge in [-0.05, 0) is 141 Å². The number of aliphatic hydroxyl groups excluding tert-OH is 1. The second-order valence-electron chi connectivity index (χ2n) is 22.3. The van der Waals surface area contributed by atoms with Crippen molar-refractivity contribution in [2.45, 2.75) is 116 Å². The first-order chi connectivity index (χ1) is 44.2. The number of ether oxygens (including phenoxy) is 4. The van der Waals surface area contributed by atoms with Crippen LogP contribution in [0.5, 0.6) is 23.0 Å². The maximum Gasteiger partial charge on any atom is 1.00 e. The summed E-state index contributed by atoms with van der Waals surface area (Å²) in [5, 5.41) is 27.3. The molecule has 0 radical (unpaired) electrons. The molecule has 0 unspecified atom stereocenters. The number of benzene rings is 9. The van der Waals surface area contributed by atoms with Gasteiger partial charge in [0.25, 0.3) is 16.6 Å². The summed E-state index contributed by atoms with van der Waals surface area (Å²) in [7, 11) is -3.82. The first-order valence-electron chi connectivity index (χ1n) is 31.0. The minimum Gasteiger partial charge on any atom is -1.00 e. The van der Waals surface area contributed by atoms with Crippen molar-refractivity contribution in [3.63, 3.8) is 0 Å². The fourth-order valence-electron chi connectivity index (χ4n) is 9.49. The summed E-state index contributed by atoms with van der Waals surface area (Å²) >= 11 is 0. The summed E-state index contributed by atoms with van der Waals surface area (Å²) in [5.74, 6) is 2.98. The van der Waals surface area contributed by atoms with Crippen LogP contribution in [0.3, 0.4) is 0 Å². The van der Waals surface area contributed by atoms with Gasteiger partial charge in [0.1, 0.15) is 48.9 Å². The standard InChI is InChI=1S/C23H24O4S.C21H27NO.C16H18O2.C13H12O.C3H6O.CH2O3.CH4.2K.H/c1-18-12-14-22(15-13-18)28(24,25)27-19(2)17-26-23-11-7-6-10-21(23)16-20-8-4-3-5-9-20;1-18(22-14-8-3-9-15-22)17-23-21-13-7-6-12-20(21)16-19-10-4-2-5-11-19;1-13(17)12-18-16-10-6-5-9-15(16)11-14-7-3-2-4-8-14;14-13-9-5-4-8-12(13)10-11-6-2-1-3-7-11;1-3-2-4-3;2-1-4-3;;;;/h3-15,19H,16-17H2,1-2H3;2,4-7,10-13,18H,3,8-9,14-17H2,1H3;2-10,13,17H,11-12H2,1H3;1-9,14H,10H2;3H,2H2,1H3;1,3H;1H4;;;/q;;;;;;;2*+1;-1/p-1/t19-;18-;13-;;3-;;;;;/m101.1...../s1. The third-order valence-corrected chi connectivity index (χ3v) is 15.9. The largest absolute Gasteiger partial charge is 1.00 e. The van der Waals surface area contributed by atoms with Crippen molar-refractivity contribution in [1.29, 1.82) is 0 Å². The van der Waals surface area contributed by atoms with Gasteiger partial charge >= 0.3 is 103 Å². The number of aryl methyl sites for hydroxylation is 1. The predicted octanol–water partition coefficient (Wildman–Crippen LogP) is 8.91. The average molecular weight is 1350 g/mol. The Morgan fingerprint density at radius 2 is 0.862 bits per heavy atom. The summed E-state index contributed by atoms with van der Waals surface area (Å²) in [6, 6.07) is 79.8. The van der Waals surface area contributed by atoms with Crippen molar-refractivity contribution in [3.8, 4) is 23.0 Å². The molecule has 0 amide bonds. The van der Waals surface area contributed by atoms with E-state index < -0.39 is 22.3 Å². The van der Waals surface area contributed by atoms with E-state index >= 15 is 0 Å². The monoisotopic (exact) mass is 1350 g/mol. The van der Waals surface area contributed by atoms with Gasteiger partial charge in [0.2, 0.25) is 0 Å². The number of piperidine rings is 1. The van der Waals surface area contributed by atoms with Crippen LogP contribution in [-0.2, 0) is 54.4 Å². The van der Waals surface area contributed by atoms with Crippen molar-refractivity contribution in [2.24, 2.45) is 0 Å². The summed E-state index contributed by atoms with van der Waals surface area (Å²) in [6.45, 7) is 14.1. The summed E-state index contributed by atoms with van der Waals surface area (Å²) in [6.07, 6.45) is 6.85. The van der Waals surface area contributed by atoms with Crippen molar-refractivity contribution in [3.05, 3.63) is 293 Å². The first-order valence-corrected chi connectivity index (χ1v) is 32.4. The Labute approximate surface area is 646 Å². The number of carbonyl (C=O) groups excluding carboxylic acids is 1. The first kappa shape index (κ1) is 82.9. The Kier molecular flexibility index (Phi) is 41.9. The Morgan fingerprint density at radius 1 is 0.532 bits per heavy atom. The van der Waals surface area contributed by atoms with Crippen molar-refractivity contribution >= 4 is 16.6 Å². The summed E-state index contributed by atoms with van der Waals surface area (Å²) < 4.78 is 52.5. The number of epoxide rings is 1. The quantitative estimate of drug-likeness (QED) is 0.0164. The van der Waals surface area contributed by atoms with E-state index in [0.29, 0.717) is 24.5 Å². The maximum absolute atomic E-state index is 12.4. The molecule has 2 fully saturated rings. The smallest absolute Gasteiger partial charge is 1.00 e. The SMILES string of the molecule is C.C[C@@H](COc1ccccc1Cc1ccccc1)N1CCCCC1.C[C@@H](O)COc1ccccc1Cc1ccccc1.C[C@@H]1CO1.Cc1ccc(S(=O)(=O)O[C@H](C)COc2ccccc2Cc2ccccc2)cc1.O=CO[O-].Oc1ccccc1Cc1ccccc1.[H-].[K+].[K+]. The molecule has 0 spiro atoms. The number of phenols is 1. The Morgan fingerprint density at radius 3 is 1.22 bits per heavy atom. The number of rotatable bonds is 22. The molecule has 16 heteroatoms. The summed E-state index contributed by atoms with van der Waals surface area (Å²) in [5.41, 5.74) is 10.4. The minimum atomic E-state index is -3.82. The van der Waals surface area contributed by atoms with Crippen LogP contribution in [0.2, 0.25) is 0 Å². The number of carbonyl (C=O) groups is 1. The number of aromatic hydroxyl groups is 1. The molecule has 0 saturated carbocycles. The molecule has 94 heavy (non-hydrogen) atoms. The zero-order chi connectivity index (χ0) is 64.9. The number of hydrogen-bond acceptors (Lipinski definition) is 13. The van der Waals surface area contributed by atoms with Crippen LogP contribution in [0.4, 0.5) is 0 Å². The zero-order valence-corrected chi connectivity index (χ0v) is 62.1. The number of nitrogens with zero attached hydrogens (tertiary/aromatic N) is 1. The molecular weight excluding hydrogens is 1250 g/mol. The average Bonchev–Trinajstić information content (AvgIpc) is 1.07. The Bertz CT molecular complexity index is 3550. The molecule has 9 aromatic rings. The third kappa shape index (κ3) is 33.1. The van der Waals surface area contributed by atoms with E-state index in [1.807, 2.05) is 122 Å². The van der Waals surface area contributed by atoms with Crippen LogP contribution in [0.15, 0.2) is 248 Å². The molecule has 0 aromatic heterocycles. The second-order valence-corrected chi connectivity index (χ2v) is 23.9. The van der Waals surface area contributed by atoms with Gasteiger partial charge in [0.15, 0.2) is 0 Å². The predicted molar refractivity (Wildman–Crippen MR) is 367 cm³/mol. The summed E-state index contributed by atoms with van der Waals surface area (Å²) in [4.78, 5) is 14.0. The molecule has 13 nitrogen and oxygen atoms in total. The Balaban J connectivity index is 0.000000417. The fourth-order valence-corrected chi connectivity index (χ4v) is 10.6. The molecule has 2 heterocycles. The van der Waals surface area contributed by atoms with Gasteiger partial charge in [-0.3, -0.25) is 13.9 Å². The number of hydrogen-bond donors (Lipinski definition) is 2. The van der Waals surface area contributed by atoms with E-state index in [-0.39, 0.29) is 130 Å². The van der Waals surface area contributed by atoms with Gasteiger partial charge in [-0.15, -0.1) is 0 Å². The van der Waals surface area contributed by atoms with Crippen LogP contribution >= 0.6 is 0 Å². The van der Waals surface area contributed by atoms with E-state index in [2.05, 4.69) is 121 Å². The molecule has 0 bridgehead atoms. The normalized spacial score (nSPS) is 13.6. The number of likely N-dealkylation sites (tertiary alicyclic amines) is 1. The Hall–Kier alpha value is -5.33. The van der Waals surface area contributed by atoms with Crippen LogP contribution in [0, 0.1) is 6.92 Å². The van der Waals surface area contributed by atoms with Gasteiger partial charge < -0.3 is 40.7 Å². The van der Waals surface area contributed by atoms with Gasteiger partial charge in [0.05, 0.1) is 23.7 Å². The van der Waals surface area contributed by atoms with E-state index in [0.717, 1.165) is 78.4 Å². The molecule has 9 aromatic carbocycles. The van der Waals surface area contributed by atoms with Gasteiger partial charge in [-0.2, -0.15) is 8.42 Å². The maximum atomic E-state index is 12.4. The number of aliphatic hydroxyl groups is 1. The molecule has 2 saturated heterocycles. The zero-order valence-electron chi connectivity index (χ0n) is 56.0. The molecule has 0 aliphatic carbocycles. The van der Waals surface area contributed by atoms with Crippen LogP contribution < -0.4 is 122 Å². The van der Waals surface area contributed by atoms with Crippen LogP contribution in [0.1, 0.15) is 106 Å². The second kappa shape index (κ2) is 47.6. The van der Waals surface area contributed by atoms with E-state index in [9.17, 15) is 18.6 Å². The molecular formula is C78H93K2NO12S. The van der Waals surface area contributed by atoms with Crippen LogP contribution in [-0.4, -0.2) is 93.9 Å². The molecule has 2 aliphatic rings. The van der Waals surface area contributed by atoms with Gasteiger partial charge in [-0.1, -0.05) is 226 Å². The van der Waals surface area contributed by atoms with Crippen molar-refractivity contribution in [1.82, 2.24) is 4.90 Å². The topological polar surface area (TPSA) is 177 Å². The minimum absolute atomic E-state index is 0. The third-order valence-electron chi connectivity index (χ3n) is 14.4. The van der Waals surface area contributed by atoms with E-state index in [1.165, 1.54) is 60.2 Å².